The lowest BCUT2D eigenvalue weighted by molar-refractivity contribution is -0.133. The summed E-state index contributed by atoms with van der Waals surface area (Å²) in [5.41, 5.74) is 0.00728. The molecule has 1 unspecified atom stereocenters. The fourth-order valence-corrected chi connectivity index (χ4v) is 6.97. The van der Waals surface area contributed by atoms with Crippen molar-refractivity contribution in [3.63, 3.8) is 0 Å². The van der Waals surface area contributed by atoms with Crippen LogP contribution in [0.5, 0.6) is 5.75 Å². The number of hydrogen-bond acceptors (Lipinski definition) is 7. The van der Waals surface area contributed by atoms with Crippen LogP contribution >= 0.6 is 11.6 Å². The zero-order chi connectivity index (χ0) is 30.1. The molecule has 0 aliphatic carbocycles. The van der Waals surface area contributed by atoms with Gasteiger partial charge in [0.1, 0.15) is 17.6 Å². The van der Waals surface area contributed by atoms with Gasteiger partial charge in [0.15, 0.2) is 0 Å². The van der Waals surface area contributed by atoms with Gasteiger partial charge in [-0.1, -0.05) is 48.0 Å². The minimum atomic E-state index is -4.37. The Labute approximate surface area is 253 Å². The van der Waals surface area contributed by atoms with Gasteiger partial charge in [0.25, 0.3) is 15.9 Å². The lowest BCUT2D eigenvalue weighted by atomic mass is 10.0. The van der Waals surface area contributed by atoms with E-state index in [1.165, 1.54) is 54.1 Å². The van der Waals surface area contributed by atoms with Gasteiger partial charge in [-0.2, -0.15) is 3.97 Å². The van der Waals surface area contributed by atoms with Gasteiger partial charge >= 0.3 is 5.69 Å². The number of piperazine rings is 1. The first-order valence-corrected chi connectivity index (χ1v) is 15.4. The van der Waals surface area contributed by atoms with E-state index >= 15 is 0 Å². The molecule has 0 N–H and O–H groups in total. The van der Waals surface area contributed by atoms with Crippen molar-refractivity contribution in [3.05, 3.63) is 118 Å². The van der Waals surface area contributed by atoms with E-state index in [-0.39, 0.29) is 21.8 Å². The molecule has 1 aliphatic rings. The molecular weight excluding hydrogens is 590 g/mol. The van der Waals surface area contributed by atoms with Crippen LogP contribution in [0.15, 0.2) is 107 Å². The fraction of sp³-hybridized carbons (Fsp3) is 0.194. The first kappa shape index (κ1) is 28.5. The number of methoxy groups -OCH3 is 1. The van der Waals surface area contributed by atoms with Crippen LogP contribution < -0.4 is 15.3 Å². The molecule has 3 aromatic carbocycles. The van der Waals surface area contributed by atoms with Crippen molar-refractivity contribution in [2.24, 2.45) is 0 Å². The number of pyridine rings is 1. The van der Waals surface area contributed by atoms with Crippen molar-refractivity contribution >= 4 is 44.4 Å². The number of halogens is 1. The molecule has 0 saturated carbocycles. The molecule has 43 heavy (non-hydrogen) atoms. The first-order valence-electron chi connectivity index (χ1n) is 13.6. The van der Waals surface area contributed by atoms with E-state index in [1.807, 2.05) is 24.3 Å². The number of carbonyl (C=O) groups is 1. The minimum Gasteiger partial charge on any atom is -0.497 e. The van der Waals surface area contributed by atoms with Crippen LogP contribution in [0.25, 0.3) is 11.0 Å². The number of fused-ring (bicyclic) bond motifs is 1. The number of hydrogen-bond donors (Lipinski definition) is 0. The topological polar surface area (TPSA) is 107 Å². The van der Waals surface area contributed by atoms with Gasteiger partial charge in [0.05, 0.1) is 23.0 Å². The van der Waals surface area contributed by atoms with E-state index < -0.39 is 21.8 Å². The monoisotopic (exact) mass is 617 g/mol. The third kappa shape index (κ3) is 5.26. The van der Waals surface area contributed by atoms with Crippen LogP contribution in [-0.2, 0) is 14.8 Å². The Bertz CT molecular complexity index is 1940. The molecule has 1 fully saturated rings. The maximum Gasteiger partial charge on any atom is 0.344 e. The minimum absolute atomic E-state index is 0.0994. The van der Waals surface area contributed by atoms with Crippen molar-refractivity contribution in [1.29, 1.82) is 0 Å². The third-order valence-electron chi connectivity index (χ3n) is 7.57. The summed E-state index contributed by atoms with van der Waals surface area (Å²) in [6.45, 7) is 1.91. The van der Waals surface area contributed by atoms with Gasteiger partial charge in [-0.05, 0) is 60.2 Å². The summed E-state index contributed by atoms with van der Waals surface area (Å²) < 4.78 is 35.0. The van der Waals surface area contributed by atoms with Crippen molar-refractivity contribution in [2.45, 2.75) is 10.9 Å². The predicted octanol–water partition coefficient (Wildman–Crippen LogP) is 4.04. The second-order valence-corrected chi connectivity index (χ2v) is 12.3. The second kappa shape index (κ2) is 11.6. The smallest absolute Gasteiger partial charge is 0.344 e. The largest absolute Gasteiger partial charge is 0.497 e. The summed E-state index contributed by atoms with van der Waals surface area (Å²) in [5.74, 6) is 0.972. The average molecular weight is 618 g/mol. The van der Waals surface area contributed by atoms with E-state index in [0.29, 0.717) is 42.5 Å². The molecule has 0 spiro atoms. The summed E-state index contributed by atoms with van der Waals surface area (Å²) in [6, 6.07) is 23.7. The molecule has 1 saturated heterocycles. The Morgan fingerprint density at radius 3 is 2.23 bits per heavy atom. The van der Waals surface area contributed by atoms with Crippen molar-refractivity contribution in [3.8, 4) is 5.75 Å². The van der Waals surface area contributed by atoms with Crippen LogP contribution in [0.1, 0.15) is 11.6 Å². The van der Waals surface area contributed by atoms with Crippen molar-refractivity contribution in [2.75, 3.05) is 38.2 Å². The van der Waals surface area contributed by atoms with Gasteiger partial charge in [0, 0.05) is 37.4 Å². The average Bonchev–Trinajstić information content (AvgIpc) is 3.33. The molecule has 0 bridgehead atoms. The Balaban J connectivity index is 1.47. The summed E-state index contributed by atoms with van der Waals surface area (Å²) in [4.78, 5) is 36.7. The molecule has 6 rings (SSSR count). The van der Waals surface area contributed by atoms with Gasteiger partial charge in [0.2, 0.25) is 0 Å². The highest BCUT2D eigenvalue weighted by atomic mass is 35.5. The molecule has 1 atom stereocenters. The summed E-state index contributed by atoms with van der Waals surface area (Å²) in [6.07, 6.45) is 1.73. The molecule has 1 amide bonds. The molecule has 1 aliphatic heterocycles. The van der Waals surface area contributed by atoms with Crippen LogP contribution in [0.3, 0.4) is 0 Å². The standard InChI is InChI=1S/C31H28ClN5O5S/c1-42-24-11-13-25(14-12-24)43(40,41)37-26-15-10-23(32)21-27(26)36(31(37)39)29(22-7-3-2-4-8-22)30(38)35-19-17-34(18-20-35)28-9-5-6-16-33-28/h2-16,21,29H,17-20H2,1H3. The number of ether oxygens (including phenoxy) is 1. The van der Waals surface area contributed by atoms with E-state index in [4.69, 9.17) is 16.3 Å². The zero-order valence-corrected chi connectivity index (χ0v) is 24.8. The number of benzene rings is 3. The number of carbonyl (C=O) groups excluding carboxylic acids is 1. The van der Waals surface area contributed by atoms with Crippen LogP contribution in [0.4, 0.5) is 5.82 Å². The van der Waals surface area contributed by atoms with Gasteiger partial charge < -0.3 is 14.5 Å². The second-order valence-electron chi connectivity index (χ2n) is 10.0. The van der Waals surface area contributed by atoms with Gasteiger partial charge in [-0.25, -0.2) is 18.2 Å². The first-order chi connectivity index (χ1) is 20.8. The highest BCUT2D eigenvalue weighted by Gasteiger charge is 2.35. The lowest BCUT2D eigenvalue weighted by Gasteiger charge is -2.37. The number of nitrogens with zero attached hydrogens (tertiary/aromatic N) is 5. The maximum atomic E-state index is 14.3. The van der Waals surface area contributed by atoms with E-state index in [1.54, 1.807) is 35.4 Å². The quantitative estimate of drug-likeness (QED) is 0.271. The van der Waals surface area contributed by atoms with E-state index in [9.17, 15) is 18.0 Å². The molecule has 12 heteroatoms. The summed E-state index contributed by atoms with van der Waals surface area (Å²) in [5, 5.41) is 0.295. The molecule has 220 valence electrons. The highest BCUT2D eigenvalue weighted by molar-refractivity contribution is 7.90. The van der Waals surface area contributed by atoms with E-state index in [2.05, 4.69) is 9.88 Å². The van der Waals surface area contributed by atoms with Crippen LogP contribution in [0.2, 0.25) is 5.02 Å². The number of amides is 1. The Morgan fingerprint density at radius 2 is 1.58 bits per heavy atom. The SMILES string of the molecule is COc1ccc(S(=O)(=O)n2c(=O)n(C(C(=O)N3CCN(c4ccccn4)CC3)c3ccccc3)c3cc(Cl)ccc32)cc1. The van der Waals surface area contributed by atoms with Crippen LogP contribution in [-0.4, -0.2) is 66.0 Å². The van der Waals surface area contributed by atoms with Gasteiger partial charge in [-0.3, -0.25) is 9.36 Å². The number of anilines is 1. The third-order valence-corrected chi connectivity index (χ3v) is 9.50. The van der Waals surface area contributed by atoms with Crippen LogP contribution in [0, 0.1) is 0 Å². The number of imidazole rings is 1. The highest BCUT2D eigenvalue weighted by Crippen LogP contribution is 2.30. The Kier molecular flexibility index (Phi) is 7.68. The van der Waals surface area contributed by atoms with E-state index in [0.717, 1.165) is 9.79 Å². The zero-order valence-electron chi connectivity index (χ0n) is 23.2. The molecule has 3 heterocycles. The molecule has 0 radical (unpaired) electrons. The number of aromatic nitrogens is 3. The normalized spacial score (nSPS) is 14.6. The molecule has 5 aromatic rings. The molecule has 10 nitrogen and oxygen atoms in total. The fourth-order valence-electron chi connectivity index (χ4n) is 5.41. The Hall–Kier alpha value is -4.61. The van der Waals surface area contributed by atoms with Crippen molar-refractivity contribution < 1.29 is 17.9 Å². The van der Waals surface area contributed by atoms with Crippen molar-refractivity contribution in [1.82, 2.24) is 18.4 Å². The van der Waals surface area contributed by atoms with Gasteiger partial charge in [-0.15, -0.1) is 0 Å². The summed E-state index contributed by atoms with van der Waals surface area (Å²) in [7, 11) is -2.89. The molecule has 2 aromatic heterocycles. The lowest BCUT2D eigenvalue weighted by Crippen LogP contribution is -2.51. The predicted molar refractivity (Wildman–Crippen MR) is 164 cm³/mol. The molecular formula is C31H28ClN5O5S. The number of rotatable bonds is 7. The maximum absolute atomic E-state index is 14.3. The summed E-state index contributed by atoms with van der Waals surface area (Å²) >= 11 is 6.38. The Morgan fingerprint density at radius 1 is 0.884 bits per heavy atom.